The van der Waals surface area contributed by atoms with Gasteiger partial charge in [0.25, 0.3) is 0 Å². The van der Waals surface area contributed by atoms with Crippen LogP contribution in [0.5, 0.6) is 0 Å². The van der Waals surface area contributed by atoms with Crippen LogP contribution in [0.1, 0.15) is 27.7 Å². The Morgan fingerprint density at radius 1 is 1.50 bits per heavy atom. The van der Waals surface area contributed by atoms with Gasteiger partial charge in [0.2, 0.25) is 0 Å². The Balaban J connectivity index is 2.67. The van der Waals surface area contributed by atoms with E-state index < -0.39 is 0 Å². The third-order valence-electron chi connectivity index (χ3n) is 3.04. The molecule has 0 aromatic heterocycles. The van der Waals surface area contributed by atoms with Gasteiger partial charge in [-0.1, -0.05) is 20.8 Å². The highest BCUT2D eigenvalue weighted by molar-refractivity contribution is 7.99. The second kappa shape index (κ2) is 4.86. The van der Waals surface area contributed by atoms with Crippen molar-refractivity contribution in [1.29, 1.82) is 0 Å². The molecule has 0 saturated carbocycles. The van der Waals surface area contributed by atoms with Crippen LogP contribution in [0.25, 0.3) is 0 Å². The normalized spacial score (nSPS) is 27.6. The number of nitrogens with zero attached hydrogens (tertiary/aromatic N) is 1. The minimum Gasteiger partial charge on any atom is -0.329 e. The third-order valence-corrected chi connectivity index (χ3v) is 4.23. The van der Waals surface area contributed by atoms with E-state index in [1.54, 1.807) is 0 Å². The minimum atomic E-state index is 0.297. The predicted octanol–water partition coefficient (Wildman–Crippen LogP) is 1.80. The molecule has 1 rings (SSSR count). The average Bonchev–Trinajstić information content (AvgIpc) is 2.07. The molecule has 84 valence electrons. The van der Waals surface area contributed by atoms with E-state index in [2.05, 4.69) is 44.4 Å². The topological polar surface area (TPSA) is 29.3 Å². The third kappa shape index (κ3) is 2.88. The van der Waals surface area contributed by atoms with Crippen LogP contribution in [0.2, 0.25) is 0 Å². The minimum absolute atomic E-state index is 0.297. The van der Waals surface area contributed by atoms with Crippen molar-refractivity contribution >= 4 is 11.8 Å². The van der Waals surface area contributed by atoms with E-state index in [4.69, 9.17) is 5.73 Å². The standard InChI is InChI=1S/C11H24N2S/c1-9-8-14-6-5-13(9)10(7-12)11(2,3)4/h9-10H,5-8,12H2,1-4H3. The first-order valence-corrected chi connectivity index (χ1v) is 6.66. The Morgan fingerprint density at radius 2 is 2.14 bits per heavy atom. The number of hydrogen-bond acceptors (Lipinski definition) is 3. The average molecular weight is 216 g/mol. The Hall–Kier alpha value is 0.270. The van der Waals surface area contributed by atoms with Crippen LogP contribution in [0.3, 0.4) is 0 Å². The van der Waals surface area contributed by atoms with Crippen LogP contribution >= 0.6 is 11.8 Å². The zero-order valence-electron chi connectivity index (χ0n) is 9.92. The van der Waals surface area contributed by atoms with Gasteiger partial charge in [-0.05, 0) is 12.3 Å². The van der Waals surface area contributed by atoms with Crippen molar-refractivity contribution in [3.05, 3.63) is 0 Å². The van der Waals surface area contributed by atoms with Crippen molar-refractivity contribution < 1.29 is 0 Å². The molecule has 1 aliphatic rings. The van der Waals surface area contributed by atoms with Crippen LogP contribution in [-0.4, -0.2) is 41.6 Å². The van der Waals surface area contributed by atoms with E-state index in [0.717, 1.165) is 6.54 Å². The molecule has 0 amide bonds. The molecule has 0 bridgehead atoms. The Kier molecular flexibility index (Phi) is 4.29. The summed E-state index contributed by atoms with van der Waals surface area (Å²) in [6, 6.07) is 1.21. The van der Waals surface area contributed by atoms with E-state index in [9.17, 15) is 0 Å². The second-order valence-corrected chi connectivity index (χ2v) is 6.43. The van der Waals surface area contributed by atoms with Crippen molar-refractivity contribution in [2.75, 3.05) is 24.6 Å². The number of thioether (sulfide) groups is 1. The molecule has 1 saturated heterocycles. The van der Waals surface area contributed by atoms with E-state index >= 15 is 0 Å². The number of hydrogen-bond donors (Lipinski definition) is 1. The molecule has 0 aromatic carbocycles. The van der Waals surface area contributed by atoms with Gasteiger partial charge in [0.1, 0.15) is 0 Å². The highest BCUT2D eigenvalue weighted by atomic mass is 32.2. The van der Waals surface area contributed by atoms with E-state index in [1.165, 1.54) is 18.1 Å². The van der Waals surface area contributed by atoms with E-state index in [-0.39, 0.29) is 0 Å². The van der Waals surface area contributed by atoms with Crippen LogP contribution in [0, 0.1) is 5.41 Å². The van der Waals surface area contributed by atoms with Crippen molar-refractivity contribution in [1.82, 2.24) is 4.90 Å². The molecule has 0 radical (unpaired) electrons. The van der Waals surface area contributed by atoms with Gasteiger partial charge in [-0.15, -0.1) is 0 Å². The fourth-order valence-electron chi connectivity index (χ4n) is 2.19. The maximum absolute atomic E-state index is 5.90. The summed E-state index contributed by atoms with van der Waals surface area (Å²) >= 11 is 2.06. The first-order chi connectivity index (χ1) is 6.46. The fourth-order valence-corrected chi connectivity index (χ4v) is 3.23. The maximum Gasteiger partial charge on any atom is 0.0270 e. The lowest BCUT2D eigenvalue weighted by molar-refractivity contribution is 0.0813. The smallest absolute Gasteiger partial charge is 0.0270 e. The van der Waals surface area contributed by atoms with E-state index in [1.807, 2.05) is 0 Å². The summed E-state index contributed by atoms with van der Waals surface area (Å²) in [6.07, 6.45) is 0. The lowest BCUT2D eigenvalue weighted by Crippen LogP contribution is -2.55. The molecule has 2 nitrogen and oxygen atoms in total. The first kappa shape index (κ1) is 12.3. The van der Waals surface area contributed by atoms with Crippen LogP contribution in [0.4, 0.5) is 0 Å². The van der Waals surface area contributed by atoms with Crippen molar-refractivity contribution in [3.63, 3.8) is 0 Å². The maximum atomic E-state index is 5.90. The lowest BCUT2D eigenvalue weighted by atomic mass is 9.85. The second-order valence-electron chi connectivity index (χ2n) is 5.28. The van der Waals surface area contributed by atoms with Crippen molar-refractivity contribution in [2.24, 2.45) is 11.1 Å². The van der Waals surface area contributed by atoms with Gasteiger partial charge < -0.3 is 5.73 Å². The molecule has 0 spiro atoms. The molecule has 2 N–H and O–H groups in total. The molecule has 1 heterocycles. The number of rotatable bonds is 2. The molecule has 2 unspecified atom stereocenters. The van der Waals surface area contributed by atoms with Crippen molar-refractivity contribution in [2.45, 2.75) is 39.8 Å². The molecule has 2 atom stereocenters. The summed E-state index contributed by atoms with van der Waals surface area (Å²) in [4.78, 5) is 2.59. The number of nitrogens with two attached hydrogens (primary N) is 1. The van der Waals surface area contributed by atoms with Gasteiger partial charge >= 0.3 is 0 Å². The molecule has 0 aliphatic carbocycles. The summed E-state index contributed by atoms with van der Waals surface area (Å²) in [5.74, 6) is 2.52. The van der Waals surface area contributed by atoms with Crippen LogP contribution in [0.15, 0.2) is 0 Å². The van der Waals surface area contributed by atoms with Gasteiger partial charge in [0.15, 0.2) is 0 Å². The monoisotopic (exact) mass is 216 g/mol. The fraction of sp³-hybridized carbons (Fsp3) is 1.00. The van der Waals surface area contributed by atoms with Crippen molar-refractivity contribution in [3.8, 4) is 0 Å². The van der Waals surface area contributed by atoms with Gasteiger partial charge in [0, 0.05) is 36.7 Å². The summed E-state index contributed by atoms with van der Waals surface area (Å²) < 4.78 is 0. The molecule has 14 heavy (non-hydrogen) atoms. The Morgan fingerprint density at radius 3 is 2.57 bits per heavy atom. The Labute approximate surface area is 92.6 Å². The SMILES string of the molecule is CC1CSCCN1C(CN)C(C)(C)C. The molecule has 3 heteroatoms. The summed E-state index contributed by atoms with van der Waals surface area (Å²) in [7, 11) is 0. The predicted molar refractivity (Wildman–Crippen MR) is 65.8 cm³/mol. The quantitative estimate of drug-likeness (QED) is 0.763. The zero-order valence-corrected chi connectivity index (χ0v) is 10.7. The van der Waals surface area contributed by atoms with Gasteiger partial charge in [-0.2, -0.15) is 11.8 Å². The Bertz CT molecular complexity index is 177. The molecule has 1 fully saturated rings. The molecule has 1 aliphatic heterocycles. The largest absolute Gasteiger partial charge is 0.329 e. The highest BCUT2D eigenvalue weighted by Crippen LogP contribution is 2.28. The van der Waals surface area contributed by atoms with Gasteiger partial charge in [-0.25, -0.2) is 0 Å². The lowest BCUT2D eigenvalue weighted by Gasteiger charge is -2.45. The molecular formula is C11H24N2S. The van der Waals surface area contributed by atoms with Gasteiger partial charge in [0.05, 0.1) is 0 Å². The summed E-state index contributed by atoms with van der Waals surface area (Å²) in [5.41, 5.74) is 6.20. The first-order valence-electron chi connectivity index (χ1n) is 5.50. The zero-order chi connectivity index (χ0) is 10.8. The highest BCUT2D eigenvalue weighted by Gasteiger charge is 2.33. The van der Waals surface area contributed by atoms with E-state index in [0.29, 0.717) is 17.5 Å². The summed E-state index contributed by atoms with van der Waals surface area (Å²) in [5, 5.41) is 0. The molecular weight excluding hydrogens is 192 g/mol. The summed E-state index contributed by atoms with van der Waals surface area (Å²) in [6.45, 7) is 11.2. The van der Waals surface area contributed by atoms with Crippen LogP contribution in [-0.2, 0) is 0 Å². The van der Waals surface area contributed by atoms with Crippen LogP contribution < -0.4 is 5.73 Å². The van der Waals surface area contributed by atoms with Gasteiger partial charge in [-0.3, -0.25) is 4.90 Å². The molecule has 0 aromatic rings.